The number of nitrogens with zero attached hydrogens (tertiary/aromatic N) is 3. The normalized spacial score (nSPS) is 20.2. The molecule has 1 saturated heterocycles. The van der Waals surface area contributed by atoms with E-state index in [0.29, 0.717) is 0 Å². The van der Waals surface area contributed by atoms with Gasteiger partial charge in [-0.25, -0.2) is 0 Å². The van der Waals surface area contributed by atoms with E-state index in [1.165, 1.54) is 7.11 Å². The van der Waals surface area contributed by atoms with Crippen molar-refractivity contribution in [3.05, 3.63) is 58.1 Å². The average molecular weight is 396 g/mol. The average Bonchev–Trinajstić information content (AvgIpc) is 2.82. The molecule has 0 spiro atoms. The van der Waals surface area contributed by atoms with Crippen LogP contribution in [0.5, 0.6) is 0 Å². The molecule has 8 nitrogen and oxygen atoms in total. The number of non-ortho nitro benzene ring substituents is 1. The van der Waals surface area contributed by atoms with Gasteiger partial charge >= 0.3 is 0 Å². The number of carbonyl (C=O) groups excluding carboxylic acids is 1. The van der Waals surface area contributed by atoms with Gasteiger partial charge in [-0.05, 0) is 30.5 Å². The Morgan fingerprint density at radius 1 is 1.24 bits per heavy atom. The second-order valence-corrected chi connectivity index (χ2v) is 7.48. The second-order valence-electron chi connectivity index (χ2n) is 7.48. The minimum atomic E-state index is -0.361. The first kappa shape index (κ1) is 19.2. The number of fused-ring (bicyclic) bond motifs is 5. The van der Waals surface area contributed by atoms with E-state index in [1.54, 1.807) is 12.1 Å². The lowest BCUT2D eigenvalue weighted by Crippen LogP contribution is -2.47. The maximum absolute atomic E-state index is 12.0. The number of ether oxygens (including phenoxy) is 1. The molecule has 2 aliphatic heterocycles. The number of hydrogen-bond acceptors (Lipinski definition) is 6. The molecule has 2 aliphatic rings. The van der Waals surface area contributed by atoms with Gasteiger partial charge in [0.1, 0.15) is 6.61 Å². The smallest absolute Gasteiger partial charge is 0.271 e. The Kier molecular flexibility index (Phi) is 5.10. The molecule has 0 aliphatic carbocycles. The highest BCUT2D eigenvalue weighted by Gasteiger charge is 2.36. The van der Waals surface area contributed by atoms with Crippen molar-refractivity contribution in [1.82, 2.24) is 5.32 Å². The first-order valence-corrected chi connectivity index (χ1v) is 9.65. The maximum Gasteiger partial charge on any atom is 0.271 e. The number of hydrogen-bond donors (Lipinski definition) is 1. The van der Waals surface area contributed by atoms with Crippen LogP contribution >= 0.6 is 0 Å². The summed E-state index contributed by atoms with van der Waals surface area (Å²) in [6.45, 7) is 0.798. The van der Waals surface area contributed by atoms with E-state index in [-0.39, 0.29) is 35.2 Å². The summed E-state index contributed by atoms with van der Waals surface area (Å²) in [6.07, 6.45) is 1.56. The molecule has 4 rings (SSSR count). The molecule has 0 unspecified atom stereocenters. The number of para-hydroxylation sites is 1. The van der Waals surface area contributed by atoms with Crippen LogP contribution in [0.4, 0.5) is 22.7 Å². The van der Waals surface area contributed by atoms with Crippen LogP contribution in [-0.4, -0.2) is 44.2 Å². The molecule has 8 heteroatoms. The van der Waals surface area contributed by atoms with E-state index in [9.17, 15) is 14.9 Å². The van der Waals surface area contributed by atoms with Gasteiger partial charge in [-0.1, -0.05) is 18.2 Å². The molecule has 1 fully saturated rings. The van der Waals surface area contributed by atoms with Gasteiger partial charge in [0.25, 0.3) is 5.69 Å². The van der Waals surface area contributed by atoms with Crippen molar-refractivity contribution in [3.63, 3.8) is 0 Å². The molecule has 1 N–H and O–H groups in total. The standard InChI is InChI=1S/C21H24N4O4/c1-23-17-6-4-3-5-16(17)19-11-14(22-21(26)13-29-2)9-10-24(19)18-8-7-15(25(27)28)12-20(18)23/h3-8,12,14,19H,9-11,13H2,1-2H3,(H,22,26)/t14-,19-/m1/s1. The topological polar surface area (TPSA) is 87.9 Å². The van der Waals surface area contributed by atoms with E-state index in [0.717, 1.165) is 42.0 Å². The van der Waals surface area contributed by atoms with Crippen molar-refractivity contribution in [2.24, 2.45) is 0 Å². The van der Waals surface area contributed by atoms with E-state index < -0.39 is 0 Å². The third-order valence-electron chi connectivity index (χ3n) is 5.74. The lowest BCUT2D eigenvalue weighted by Gasteiger charge is -2.41. The van der Waals surface area contributed by atoms with Gasteiger partial charge in [-0.15, -0.1) is 0 Å². The zero-order chi connectivity index (χ0) is 20.5. The summed E-state index contributed by atoms with van der Waals surface area (Å²) in [5, 5.41) is 14.4. The van der Waals surface area contributed by atoms with Crippen LogP contribution in [0.2, 0.25) is 0 Å². The van der Waals surface area contributed by atoms with Crippen LogP contribution in [0.15, 0.2) is 42.5 Å². The number of nitro groups is 1. The molecule has 0 radical (unpaired) electrons. The predicted molar refractivity (Wildman–Crippen MR) is 111 cm³/mol. The van der Waals surface area contributed by atoms with Gasteiger partial charge in [-0.2, -0.15) is 0 Å². The van der Waals surface area contributed by atoms with Crippen molar-refractivity contribution in [3.8, 4) is 0 Å². The largest absolute Gasteiger partial charge is 0.375 e. The Morgan fingerprint density at radius 2 is 2.03 bits per heavy atom. The second kappa shape index (κ2) is 7.71. The van der Waals surface area contributed by atoms with Crippen LogP contribution < -0.4 is 15.1 Å². The lowest BCUT2D eigenvalue weighted by molar-refractivity contribution is -0.384. The highest BCUT2D eigenvalue weighted by atomic mass is 16.6. The van der Waals surface area contributed by atoms with Gasteiger partial charge in [0.2, 0.25) is 5.91 Å². The number of amides is 1. The predicted octanol–water partition coefficient (Wildman–Crippen LogP) is 3.15. The number of nitrogens with one attached hydrogen (secondary N) is 1. The zero-order valence-corrected chi connectivity index (χ0v) is 16.5. The van der Waals surface area contributed by atoms with Gasteiger partial charge in [0.05, 0.1) is 22.3 Å². The molecular formula is C21H24N4O4. The highest BCUT2D eigenvalue weighted by Crippen LogP contribution is 2.48. The molecule has 0 saturated carbocycles. The fourth-order valence-electron chi connectivity index (χ4n) is 4.42. The van der Waals surface area contributed by atoms with Gasteiger partial charge in [0, 0.05) is 44.6 Å². The SMILES string of the molecule is COCC(=O)N[C@@H]1CCN2c3ccc([N+](=O)[O-])cc3N(C)c3ccccc3[C@H]2C1. The number of rotatable bonds is 4. The first-order valence-electron chi connectivity index (χ1n) is 9.65. The van der Waals surface area contributed by atoms with Crippen molar-refractivity contribution in [2.45, 2.75) is 24.9 Å². The summed E-state index contributed by atoms with van der Waals surface area (Å²) in [6, 6.07) is 13.3. The number of anilines is 3. The summed E-state index contributed by atoms with van der Waals surface area (Å²) < 4.78 is 4.93. The molecule has 2 aromatic rings. The van der Waals surface area contributed by atoms with E-state index in [2.05, 4.69) is 16.3 Å². The number of piperidine rings is 1. The molecular weight excluding hydrogens is 372 g/mol. The first-order chi connectivity index (χ1) is 14.0. The summed E-state index contributed by atoms with van der Waals surface area (Å²) in [5.41, 5.74) is 4.04. The van der Waals surface area contributed by atoms with E-state index >= 15 is 0 Å². The third-order valence-corrected chi connectivity index (χ3v) is 5.74. The number of benzene rings is 2. The van der Waals surface area contributed by atoms with Crippen LogP contribution in [0, 0.1) is 10.1 Å². The van der Waals surface area contributed by atoms with Crippen LogP contribution in [-0.2, 0) is 9.53 Å². The number of carbonyl (C=O) groups is 1. The van der Waals surface area contributed by atoms with Crippen molar-refractivity contribution >= 4 is 28.7 Å². The van der Waals surface area contributed by atoms with Crippen molar-refractivity contribution in [2.75, 3.05) is 37.1 Å². The highest BCUT2D eigenvalue weighted by molar-refractivity contribution is 5.83. The minimum Gasteiger partial charge on any atom is -0.375 e. The van der Waals surface area contributed by atoms with Gasteiger partial charge in [0.15, 0.2) is 0 Å². The number of methoxy groups -OCH3 is 1. The van der Waals surface area contributed by atoms with E-state index in [4.69, 9.17) is 4.74 Å². The van der Waals surface area contributed by atoms with Crippen molar-refractivity contribution < 1.29 is 14.5 Å². The third kappa shape index (κ3) is 3.51. The Bertz CT molecular complexity index is 948. The molecule has 29 heavy (non-hydrogen) atoms. The molecule has 2 heterocycles. The Labute approximate surface area is 169 Å². The molecule has 0 bridgehead atoms. The summed E-state index contributed by atoms with van der Waals surface area (Å²) in [5.74, 6) is -0.110. The molecule has 2 aromatic carbocycles. The van der Waals surface area contributed by atoms with E-state index in [1.807, 2.05) is 36.2 Å². The summed E-state index contributed by atoms with van der Waals surface area (Å²) in [7, 11) is 3.45. The minimum absolute atomic E-state index is 0.0523. The maximum atomic E-state index is 12.0. The van der Waals surface area contributed by atoms with Gasteiger partial charge in [-0.3, -0.25) is 14.9 Å². The zero-order valence-electron chi connectivity index (χ0n) is 16.5. The molecule has 2 atom stereocenters. The summed E-state index contributed by atoms with van der Waals surface area (Å²) >= 11 is 0. The van der Waals surface area contributed by atoms with Crippen LogP contribution in [0.25, 0.3) is 0 Å². The summed E-state index contributed by atoms with van der Waals surface area (Å²) in [4.78, 5) is 27.3. The Morgan fingerprint density at radius 3 is 2.79 bits per heavy atom. The Hall–Kier alpha value is -3.13. The molecule has 1 amide bonds. The quantitative estimate of drug-likeness (QED) is 0.631. The monoisotopic (exact) mass is 396 g/mol. The lowest BCUT2D eigenvalue weighted by atomic mass is 9.90. The molecule has 152 valence electrons. The Balaban J connectivity index is 1.75. The van der Waals surface area contributed by atoms with Crippen LogP contribution in [0.1, 0.15) is 24.4 Å². The van der Waals surface area contributed by atoms with Crippen LogP contribution in [0.3, 0.4) is 0 Å². The van der Waals surface area contributed by atoms with Crippen molar-refractivity contribution in [1.29, 1.82) is 0 Å². The molecule has 0 aromatic heterocycles. The fourth-order valence-corrected chi connectivity index (χ4v) is 4.42. The fraction of sp³-hybridized carbons (Fsp3) is 0.381. The van der Waals surface area contributed by atoms with Gasteiger partial charge < -0.3 is 19.9 Å². The number of nitro benzene ring substituents is 1.